The predicted molar refractivity (Wildman–Crippen MR) is 94.1 cm³/mol. The third-order valence-electron chi connectivity index (χ3n) is 3.51. The molecule has 1 aromatic heterocycles. The average molecular weight is 377 g/mol. The fraction of sp³-hybridized carbons (Fsp3) is 0.111. The minimum atomic E-state index is -4.35. The second kappa shape index (κ2) is 7.65. The zero-order valence-electron chi connectivity index (χ0n) is 13.4. The highest BCUT2D eigenvalue weighted by molar-refractivity contribution is 8.00. The van der Waals surface area contributed by atoms with Crippen LogP contribution in [0.5, 0.6) is 0 Å². The zero-order valence-corrected chi connectivity index (χ0v) is 14.2. The second-order valence-electron chi connectivity index (χ2n) is 5.39. The van der Waals surface area contributed by atoms with Crippen molar-refractivity contribution in [2.75, 3.05) is 5.32 Å². The Morgan fingerprint density at radius 3 is 2.46 bits per heavy atom. The minimum absolute atomic E-state index is 0.0353. The van der Waals surface area contributed by atoms with Crippen LogP contribution in [0, 0.1) is 0 Å². The first kappa shape index (κ1) is 18.1. The van der Waals surface area contributed by atoms with Crippen molar-refractivity contribution in [3.05, 3.63) is 78.1 Å². The van der Waals surface area contributed by atoms with Crippen LogP contribution in [0.15, 0.2) is 71.9 Å². The highest BCUT2D eigenvalue weighted by Crippen LogP contribution is 2.36. The summed E-state index contributed by atoms with van der Waals surface area (Å²) in [5.41, 5.74) is -2.57. The minimum Gasteiger partial charge on any atom is -0.322 e. The van der Waals surface area contributed by atoms with Crippen LogP contribution in [-0.2, 0) is 6.54 Å². The molecule has 0 spiro atoms. The van der Waals surface area contributed by atoms with Crippen molar-refractivity contribution in [1.29, 1.82) is 0 Å². The van der Waals surface area contributed by atoms with Crippen LogP contribution in [-0.4, -0.2) is 21.2 Å². The van der Waals surface area contributed by atoms with Crippen molar-refractivity contribution < 1.29 is 18.0 Å². The molecule has 0 fully saturated rings. The first-order valence-corrected chi connectivity index (χ1v) is 8.45. The molecule has 3 rings (SSSR count). The molecular weight excluding hydrogens is 363 g/mol. The van der Waals surface area contributed by atoms with Gasteiger partial charge in [-0.2, -0.15) is 18.3 Å². The van der Waals surface area contributed by atoms with Gasteiger partial charge in [0.15, 0.2) is 0 Å². The molecule has 0 atom stereocenters. The van der Waals surface area contributed by atoms with E-state index in [0.29, 0.717) is 12.2 Å². The van der Waals surface area contributed by atoms with Gasteiger partial charge in [-0.05, 0) is 53.7 Å². The molecule has 134 valence electrons. The number of nitrogens with zero attached hydrogens (tertiary/aromatic N) is 2. The van der Waals surface area contributed by atoms with Gasteiger partial charge in [0, 0.05) is 28.5 Å². The highest BCUT2D eigenvalue weighted by atomic mass is 32.2. The number of nitrogens with one attached hydrogen (secondary N) is 1. The number of carbonyl (C=O) groups is 1. The molecular formula is C18H14F3N3OS. The lowest BCUT2D eigenvalue weighted by atomic mass is 10.1. The summed E-state index contributed by atoms with van der Waals surface area (Å²) >= 11 is -0.212. The van der Waals surface area contributed by atoms with Gasteiger partial charge in [-0.25, -0.2) is 0 Å². The van der Waals surface area contributed by atoms with E-state index >= 15 is 0 Å². The molecule has 3 aromatic rings. The molecule has 0 aliphatic heterocycles. The van der Waals surface area contributed by atoms with Gasteiger partial charge in [0.25, 0.3) is 5.91 Å². The van der Waals surface area contributed by atoms with Crippen molar-refractivity contribution in [2.24, 2.45) is 0 Å². The Balaban J connectivity index is 1.72. The van der Waals surface area contributed by atoms with Crippen LogP contribution in [0.25, 0.3) is 0 Å². The van der Waals surface area contributed by atoms with Crippen LogP contribution in [0.4, 0.5) is 18.9 Å². The van der Waals surface area contributed by atoms with Crippen molar-refractivity contribution in [3.63, 3.8) is 0 Å². The number of thioether (sulfide) groups is 1. The quantitative estimate of drug-likeness (QED) is 0.650. The average Bonchev–Trinajstić information content (AvgIpc) is 3.09. The van der Waals surface area contributed by atoms with E-state index in [-0.39, 0.29) is 28.1 Å². The monoisotopic (exact) mass is 377 g/mol. The van der Waals surface area contributed by atoms with E-state index in [1.807, 2.05) is 24.4 Å². The molecule has 0 aliphatic carbocycles. The molecule has 0 saturated heterocycles. The Labute approximate surface area is 152 Å². The summed E-state index contributed by atoms with van der Waals surface area (Å²) in [6.07, 6.45) is 3.48. The van der Waals surface area contributed by atoms with Crippen LogP contribution < -0.4 is 5.32 Å². The molecule has 1 amide bonds. The Hall–Kier alpha value is -2.74. The lowest BCUT2D eigenvalue weighted by Crippen LogP contribution is -2.14. The highest BCUT2D eigenvalue weighted by Gasteiger charge is 2.29. The summed E-state index contributed by atoms with van der Waals surface area (Å²) in [4.78, 5) is 12.4. The summed E-state index contributed by atoms with van der Waals surface area (Å²) in [6, 6.07) is 14.4. The molecule has 0 bridgehead atoms. The molecule has 0 unspecified atom stereocenters. The number of hydrogen-bond donors (Lipinski definition) is 1. The first-order chi connectivity index (χ1) is 12.4. The smallest absolute Gasteiger partial charge is 0.322 e. The number of amides is 1. The lowest BCUT2D eigenvalue weighted by Gasteiger charge is -2.12. The van der Waals surface area contributed by atoms with Gasteiger partial charge in [-0.15, -0.1) is 0 Å². The number of carbonyl (C=O) groups excluding carboxylic acids is 1. The van der Waals surface area contributed by atoms with Crippen LogP contribution in [0.1, 0.15) is 15.9 Å². The van der Waals surface area contributed by atoms with Crippen LogP contribution in [0.3, 0.4) is 0 Å². The van der Waals surface area contributed by atoms with E-state index in [1.54, 1.807) is 23.0 Å². The fourth-order valence-electron chi connectivity index (χ4n) is 2.35. The Morgan fingerprint density at radius 1 is 1.08 bits per heavy atom. The maximum atomic E-state index is 12.4. The lowest BCUT2D eigenvalue weighted by molar-refractivity contribution is -0.0328. The van der Waals surface area contributed by atoms with Gasteiger partial charge in [-0.1, -0.05) is 18.2 Å². The van der Waals surface area contributed by atoms with Crippen molar-refractivity contribution in [2.45, 2.75) is 16.9 Å². The van der Waals surface area contributed by atoms with E-state index in [0.717, 1.165) is 5.56 Å². The number of halogens is 3. The van der Waals surface area contributed by atoms with Crippen molar-refractivity contribution in [3.8, 4) is 0 Å². The van der Waals surface area contributed by atoms with Crippen LogP contribution >= 0.6 is 11.8 Å². The van der Waals surface area contributed by atoms with Crippen molar-refractivity contribution >= 4 is 23.4 Å². The maximum absolute atomic E-state index is 12.4. The number of rotatable bonds is 5. The topological polar surface area (TPSA) is 46.9 Å². The number of hydrogen-bond acceptors (Lipinski definition) is 3. The zero-order chi connectivity index (χ0) is 18.6. The van der Waals surface area contributed by atoms with E-state index in [1.165, 1.54) is 24.3 Å². The fourth-order valence-corrected chi connectivity index (χ4v) is 2.89. The number of benzene rings is 2. The van der Waals surface area contributed by atoms with Gasteiger partial charge in [0.2, 0.25) is 0 Å². The molecule has 1 N–H and O–H groups in total. The molecule has 1 heterocycles. The summed E-state index contributed by atoms with van der Waals surface area (Å²) in [5, 5.41) is 6.94. The normalized spacial score (nSPS) is 11.3. The van der Waals surface area contributed by atoms with E-state index < -0.39 is 5.51 Å². The molecule has 0 radical (unpaired) electrons. The number of para-hydroxylation sites is 1. The van der Waals surface area contributed by atoms with E-state index in [2.05, 4.69) is 10.4 Å². The van der Waals surface area contributed by atoms with E-state index in [9.17, 15) is 18.0 Å². The maximum Gasteiger partial charge on any atom is 0.446 e. The Morgan fingerprint density at radius 2 is 1.81 bits per heavy atom. The Bertz CT molecular complexity index is 877. The number of anilines is 1. The molecule has 4 nitrogen and oxygen atoms in total. The van der Waals surface area contributed by atoms with Gasteiger partial charge < -0.3 is 5.32 Å². The largest absolute Gasteiger partial charge is 0.446 e. The Kier molecular flexibility index (Phi) is 5.32. The SMILES string of the molecule is O=C(Nc1ccccc1Cn1cccn1)c1ccc(SC(F)(F)F)cc1. The first-order valence-electron chi connectivity index (χ1n) is 7.63. The molecule has 2 aromatic carbocycles. The molecule has 0 aliphatic rings. The van der Waals surface area contributed by atoms with Gasteiger partial charge >= 0.3 is 5.51 Å². The molecule has 0 saturated carbocycles. The third-order valence-corrected chi connectivity index (χ3v) is 4.25. The third kappa shape index (κ3) is 4.89. The molecule has 8 heteroatoms. The summed E-state index contributed by atoms with van der Waals surface area (Å²) in [6.45, 7) is 0.491. The predicted octanol–water partition coefficient (Wildman–Crippen LogP) is 4.80. The van der Waals surface area contributed by atoms with Crippen LogP contribution in [0.2, 0.25) is 0 Å². The number of alkyl halides is 3. The van der Waals surface area contributed by atoms with Gasteiger partial charge in [-0.3, -0.25) is 9.48 Å². The van der Waals surface area contributed by atoms with E-state index in [4.69, 9.17) is 0 Å². The standard InChI is InChI=1S/C18H14F3N3OS/c19-18(20,21)26-15-8-6-13(7-9-15)17(25)23-16-5-2-1-4-14(16)12-24-11-3-10-22-24/h1-11H,12H2,(H,23,25). The number of aromatic nitrogens is 2. The second-order valence-corrected chi connectivity index (χ2v) is 6.53. The van der Waals surface area contributed by atoms with Gasteiger partial charge in [0.05, 0.1) is 6.54 Å². The molecule has 26 heavy (non-hydrogen) atoms. The van der Waals surface area contributed by atoms with Crippen molar-refractivity contribution in [1.82, 2.24) is 9.78 Å². The summed E-state index contributed by atoms with van der Waals surface area (Å²) in [7, 11) is 0. The summed E-state index contributed by atoms with van der Waals surface area (Å²) in [5.74, 6) is -0.388. The van der Waals surface area contributed by atoms with Gasteiger partial charge in [0.1, 0.15) is 0 Å². The summed E-state index contributed by atoms with van der Waals surface area (Å²) < 4.78 is 38.8.